The van der Waals surface area contributed by atoms with Crippen molar-refractivity contribution < 1.29 is 17.6 Å². The van der Waals surface area contributed by atoms with Crippen molar-refractivity contribution in [2.45, 2.75) is 31.6 Å². The Balaban J connectivity index is 1.64. The van der Waals surface area contributed by atoms with Crippen LogP contribution in [-0.4, -0.2) is 31.7 Å². The first-order valence-electron chi connectivity index (χ1n) is 9.02. The average Bonchev–Trinajstić information content (AvgIpc) is 2.64. The van der Waals surface area contributed by atoms with Crippen LogP contribution in [0.2, 0.25) is 5.02 Å². The Kier molecular flexibility index (Phi) is 6.07. The molecule has 1 saturated heterocycles. The van der Waals surface area contributed by atoms with Crippen LogP contribution < -0.4 is 5.32 Å². The topological polar surface area (TPSA) is 66.5 Å². The number of hydrogen-bond acceptors (Lipinski definition) is 3. The van der Waals surface area contributed by atoms with Gasteiger partial charge in [-0.05, 0) is 56.5 Å². The summed E-state index contributed by atoms with van der Waals surface area (Å²) in [5, 5.41) is 2.66. The van der Waals surface area contributed by atoms with E-state index in [0.29, 0.717) is 29.0 Å². The number of carbonyl (C=O) groups excluding carboxylic acids is 1. The van der Waals surface area contributed by atoms with Crippen LogP contribution in [0.25, 0.3) is 0 Å². The van der Waals surface area contributed by atoms with Crippen LogP contribution in [0.5, 0.6) is 0 Å². The predicted octanol–water partition coefficient (Wildman–Crippen LogP) is 4.14. The molecule has 2 aromatic rings. The molecular formula is C20H22ClFN2O3S. The second-order valence-corrected chi connectivity index (χ2v) is 9.38. The fourth-order valence-corrected chi connectivity index (χ4v) is 5.20. The van der Waals surface area contributed by atoms with Gasteiger partial charge in [0.05, 0.1) is 9.92 Å². The molecule has 0 spiro atoms. The number of hydrogen-bond donors (Lipinski definition) is 1. The SMILES string of the molecule is Cc1ccc(S(=O)(=O)N2CCC(C(=O)Nc3ccc(Cl)c(F)c3)CC2)c(C)c1. The zero-order valence-corrected chi connectivity index (χ0v) is 17.3. The second-order valence-electron chi connectivity index (χ2n) is 7.07. The fraction of sp³-hybridized carbons (Fsp3) is 0.350. The van der Waals surface area contributed by atoms with Crippen molar-refractivity contribution in [3.05, 3.63) is 58.4 Å². The predicted molar refractivity (Wildman–Crippen MR) is 107 cm³/mol. The first-order valence-corrected chi connectivity index (χ1v) is 10.8. The molecule has 0 bridgehead atoms. The third kappa shape index (κ3) is 4.37. The first kappa shape index (κ1) is 20.8. The van der Waals surface area contributed by atoms with Crippen molar-refractivity contribution in [2.75, 3.05) is 18.4 Å². The minimum absolute atomic E-state index is 0.0112. The van der Waals surface area contributed by atoms with Gasteiger partial charge in [0.1, 0.15) is 5.82 Å². The summed E-state index contributed by atoms with van der Waals surface area (Å²) in [7, 11) is -3.59. The van der Waals surface area contributed by atoms with Gasteiger partial charge in [-0.15, -0.1) is 0 Å². The number of rotatable bonds is 4. The van der Waals surface area contributed by atoms with E-state index in [1.54, 1.807) is 19.1 Å². The number of carbonyl (C=O) groups is 1. The molecule has 0 aromatic heterocycles. The smallest absolute Gasteiger partial charge is 0.243 e. The normalized spacial score (nSPS) is 16.1. The lowest BCUT2D eigenvalue weighted by atomic mass is 9.97. The summed E-state index contributed by atoms with van der Waals surface area (Å²) in [6.45, 7) is 4.23. The van der Waals surface area contributed by atoms with E-state index in [4.69, 9.17) is 11.6 Å². The molecule has 1 aliphatic rings. The summed E-state index contributed by atoms with van der Waals surface area (Å²) in [6.07, 6.45) is 0.818. The highest BCUT2D eigenvalue weighted by Crippen LogP contribution is 2.27. The highest BCUT2D eigenvalue weighted by molar-refractivity contribution is 7.89. The van der Waals surface area contributed by atoms with Gasteiger partial charge in [-0.2, -0.15) is 4.31 Å². The number of nitrogens with one attached hydrogen (secondary N) is 1. The first-order chi connectivity index (χ1) is 13.2. The van der Waals surface area contributed by atoms with E-state index in [1.807, 2.05) is 13.0 Å². The molecule has 5 nitrogen and oxygen atoms in total. The number of halogens is 2. The van der Waals surface area contributed by atoms with E-state index < -0.39 is 15.8 Å². The Morgan fingerprint density at radius 2 is 1.82 bits per heavy atom. The summed E-state index contributed by atoms with van der Waals surface area (Å²) < 4.78 is 40.8. The standard InChI is InChI=1S/C20H22ClFN2O3S/c1-13-3-6-19(14(2)11-13)28(26,27)24-9-7-15(8-10-24)20(25)23-16-4-5-17(21)18(22)12-16/h3-6,11-12,15H,7-10H2,1-2H3,(H,23,25). The molecule has 0 radical (unpaired) electrons. The second kappa shape index (κ2) is 8.19. The number of piperidine rings is 1. The number of aryl methyl sites for hydroxylation is 2. The number of sulfonamides is 1. The number of benzene rings is 2. The van der Waals surface area contributed by atoms with Crippen molar-refractivity contribution in [3.63, 3.8) is 0 Å². The van der Waals surface area contributed by atoms with E-state index in [1.165, 1.54) is 22.5 Å². The summed E-state index contributed by atoms with van der Waals surface area (Å²) in [5.74, 6) is -1.18. The van der Waals surface area contributed by atoms with Gasteiger partial charge in [-0.25, -0.2) is 12.8 Å². The van der Waals surface area contributed by atoms with Crippen LogP contribution in [0, 0.1) is 25.6 Å². The lowest BCUT2D eigenvalue weighted by molar-refractivity contribution is -0.120. The lowest BCUT2D eigenvalue weighted by Crippen LogP contribution is -2.41. The molecule has 0 atom stereocenters. The molecule has 1 fully saturated rings. The summed E-state index contributed by atoms with van der Waals surface area (Å²) in [6, 6.07) is 9.34. The molecule has 28 heavy (non-hydrogen) atoms. The van der Waals surface area contributed by atoms with Gasteiger partial charge in [-0.1, -0.05) is 29.3 Å². The van der Waals surface area contributed by atoms with Crippen molar-refractivity contribution in [2.24, 2.45) is 5.92 Å². The molecule has 3 rings (SSSR count). The lowest BCUT2D eigenvalue weighted by Gasteiger charge is -2.31. The van der Waals surface area contributed by atoms with Gasteiger partial charge in [0.2, 0.25) is 15.9 Å². The number of nitrogens with zero attached hydrogens (tertiary/aromatic N) is 1. The molecule has 150 valence electrons. The molecule has 1 aliphatic heterocycles. The molecule has 0 saturated carbocycles. The maximum absolute atomic E-state index is 13.5. The monoisotopic (exact) mass is 424 g/mol. The molecule has 8 heteroatoms. The van der Waals surface area contributed by atoms with Crippen LogP contribution in [-0.2, 0) is 14.8 Å². The Morgan fingerprint density at radius 1 is 1.14 bits per heavy atom. The van der Waals surface area contributed by atoms with E-state index in [2.05, 4.69) is 5.32 Å². The minimum Gasteiger partial charge on any atom is -0.326 e. The highest BCUT2D eigenvalue weighted by atomic mass is 35.5. The Hall–Kier alpha value is -1.96. The van der Waals surface area contributed by atoms with Crippen LogP contribution >= 0.6 is 11.6 Å². The minimum atomic E-state index is -3.59. The highest BCUT2D eigenvalue weighted by Gasteiger charge is 2.32. The van der Waals surface area contributed by atoms with Gasteiger partial charge in [0.25, 0.3) is 0 Å². The van der Waals surface area contributed by atoms with Crippen LogP contribution in [0.4, 0.5) is 10.1 Å². The van der Waals surface area contributed by atoms with Gasteiger partial charge in [0.15, 0.2) is 0 Å². The van der Waals surface area contributed by atoms with E-state index >= 15 is 0 Å². The molecule has 0 aliphatic carbocycles. The van der Waals surface area contributed by atoms with Crippen LogP contribution in [0.15, 0.2) is 41.3 Å². The molecular weight excluding hydrogens is 403 g/mol. The summed E-state index contributed by atoms with van der Waals surface area (Å²) >= 11 is 5.64. The van der Waals surface area contributed by atoms with Crippen molar-refractivity contribution in [3.8, 4) is 0 Å². The van der Waals surface area contributed by atoms with E-state index in [9.17, 15) is 17.6 Å². The van der Waals surface area contributed by atoms with Crippen LogP contribution in [0.3, 0.4) is 0 Å². The number of anilines is 1. The summed E-state index contributed by atoms with van der Waals surface area (Å²) in [4.78, 5) is 12.8. The van der Waals surface area contributed by atoms with Gasteiger partial charge in [0, 0.05) is 24.7 Å². The van der Waals surface area contributed by atoms with Gasteiger partial charge >= 0.3 is 0 Å². The third-order valence-electron chi connectivity index (χ3n) is 4.96. The van der Waals surface area contributed by atoms with Gasteiger partial charge in [-0.3, -0.25) is 4.79 Å². The molecule has 2 aromatic carbocycles. The third-order valence-corrected chi connectivity index (χ3v) is 7.33. The van der Waals surface area contributed by atoms with E-state index in [-0.39, 0.29) is 29.9 Å². The van der Waals surface area contributed by atoms with Crippen LogP contribution in [0.1, 0.15) is 24.0 Å². The molecule has 1 N–H and O–H groups in total. The average molecular weight is 425 g/mol. The zero-order valence-electron chi connectivity index (χ0n) is 15.7. The molecule has 0 unspecified atom stereocenters. The van der Waals surface area contributed by atoms with Gasteiger partial charge < -0.3 is 5.32 Å². The number of amides is 1. The maximum atomic E-state index is 13.5. The Bertz CT molecular complexity index is 1000. The van der Waals surface area contributed by atoms with E-state index in [0.717, 1.165) is 5.56 Å². The molecule has 1 amide bonds. The van der Waals surface area contributed by atoms with Crippen molar-refractivity contribution >= 4 is 33.2 Å². The maximum Gasteiger partial charge on any atom is 0.243 e. The Labute approximate surface area is 169 Å². The van der Waals surface area contributed by atoms with Crippen molar-refractivity contribution in [1.82, 2.24) is 4.31 Å². The summed E-state index contributed by atoms with van der Waals surface area (Å²) in [5.41, 5.74) is 2.05. The van der Waals surface area contributed by atoms with Crippen molar-refractivity contribution in [1.29, 1.82) is 0 Å². The quantitative estimate of drug-likeness (QED) is 0.802. The fourth-order valence-electron chi connectivity index (χ4n) is 3.40. The largest absolute Gasteiger partial charge is 0.326 e. The Morgan fingerprint density at radius 3 is 2.43 bits per heavy atom. The molecule has 1 heterocycles. The zero-order chi connectivity index (χ0) is 20.5.